The maximum Gasteiger partial charge on any atom is 0.230 e. The van der Waals surface area contributed by atoms with E-state index in [1.165, 1.54) is 19.3 Å². The molecule has 2 bridgehead atoms. The Morgan fingerprint density at radius 3 is 2.53 bits per heavy atom. The SMILES string of the molecule is CN(C(=O)C1CC2CCC1C2)c1ccc(C#N)cc1. The van der Waals surface area contributed by atoms with Gasteiger partial charge in [0.1, 0.15) is 0 Å². The first-order valence-electron chi connectivity index (χ1n) is 6.97. The lowest BCUT2D eigenvalue weighted by Gasteiger charge is -2.26. The van der Waals surface area contributed by atoms with Crippen LogP contribution in [0.4, 0.5) is 5.69 Å². The highest BCUT2D eigenvalue weighted by molar-refractivity contribution is 5.95. The van der Waals surface area contributed by atoms with Crippen LogP contribution in [0.5, 0.6) is 0 Å². The summed E-state index contributed by atoms with van der Waals surface area (Å²) < 4.78 is 0. The molecule has 0 saturated heterocycles. The van der Waals surface area contributed by atoms with Crippen LogP contribution in [-0.2, 0) is 4.79 Å². The maximum absolute atomic E-state index is 12.6. The lowest BCUT2D eigenvalue weighted by atomic mass is 9.88. The van der Waals surface area contributed by atoms with Gasteiger partial charge in [-0.2, -0.15) is 5.26 Å². The molecule has 2 aliphatic carbocycles. The second-order valence-electron chi connectivity index (χ2n) is 5.84. The molecule has 0 aliphatic heterocycles. The smallest absolute Gasteiger partial charge is 0.230 e. The first-order valence-corrected chi connectivity index (χ1v) is 6.97. The number of fused-ring (bicyclic) bond motifs is 2. The minimum Gasteiger partial charge on any atom is -0.315 e. The largest absolute Gasteiger partial charge is 0.315 e. The predicted octanol–water partition coefficient (Wildman–Crippen LogP) is 2.96. The van der Waals surface area contributed by atoms with Gasteiger partial charge in [0, 0.05) is 18.7 Å². The minimum absolute atomic E-state index is 0.222. The maximum atomic E-state index is 12.6. The normalized spacial score (nSPS) is 28.1. The van der Waals surface area contributed by atoms with Gasteiger partial charge in [-0.25, -0.2) is 0 Å². The zero-order valence-corrected chi connectivity index (χ0v) is 11.2. The van der Waals surface area contributed by atoms with Crippen molar-refractivity contribution in [3.63, 3.8) is 0 Å². The van der Waals surface area contributed by atoms with Crippen LogP contribution < -0.4 is 4.90 Å². The van der Waals surface area contributed by atoms with Crippen LogP contribution in [0, 0.1) is 29.1 Å². The molecule has 0 aromatic heterocycles. The third-order valence-electron chi connectivity index (χ3n) is 4.77. The summed E-state index contributed by atoms with van der Waals surface area (Å²) in [5, 5.41) is 8.79. The summed E-state index contributed by atoms with van der Waals surface area (Å²) in [6.07, 6.45) is 4.86. The fraction of sp³-hybridized carbons (Fsp3) is 0.500. The van der Waals surface area contributed by atoms with Gasteiger partial charge in [0.25, 0.3) is 0 Å². The molecule has 1 aromatic carbocycles. The van der Waals surface area contributed by atoms with Gasteiger partial charge >= 0.3 is 0 Å². The average molecular weight is 254 g/mol. The topological polar surface area (TPSA) is 44.1 Å². The average Bonchev–Trinajstić information content (AvgIpc) is 3.08. The number of benzene rings is 1. The van der Waals surface area contributed by atoms with Crippen LogP contribution in [0.15, 0.2) is 24.3 Å². The van der Waals surface area contributed by atoms with Gasteiger partial charge in [-0.05, 0) is 55.4 Å². The van der Waals surface area contributed by atoms with E-state index in [1.54, 1.807) is 17.0 Å². The lowest BCUT2D eigenvalue weighted by molar-refractivity contribution is -0.123. The van der Waals surface area contributed by atoms with Crippen LogP contribution in [-0.4, -0.2) is 13.0 Å². The van der Waals surface area contributed by atoms with Crippen molar-refractivity contribution < 1.29 is 4.79 Å². The van der Waals surface area contributed by atoms with Gasteiger partial charge in [-0.15, -0.1) is 0 Å². The van der Waals surface area contributed by atoms with E-state index in [9.17, 15) is 4.79 Å². The van der Waals surface area contributed by atoms with E-state index in [2.05, 4.69) is 6.07 Å². The van der Waals surface area contributed by atoms with Crippen LogP contribution >= 0.6 is 0 Å². The van der Waals surface area contributed by atoms with E-state index in [0.717, 1.165) is 18.0 Å². The van der Waals surface area contributed by atoms with Crippen molar-refractivity contribution in [2.75, 3.05) is 11.9 Å². The molecule has 2 saturated carbocycles. The molecule has 3 heteroatoms. The molecule has 98 valence electrons. The molecule has 0 N–H and O–H groups in total. The van der Waals surface area contributed by atoms with E-state index in [0.29, 0.717) is 11.5 Å². The number of hydrogen-bond acceptors (Lipinski definition) is 2. The highest BCUT2D eigenvalue weighted by atomic mass is 16.2. The lowest BCUT2D eigenvalue weighted by Crippen LogP contribution is -2.35. The molecule has 3 nitrogen and oxygen atoms in total. The molecule has 19 heavy (non-hydrogen) atoms. The standard InChI is InChI=1S/C16H18N2O/c1-18(14-6-3-11(10-17)4-7-14)16(19)15-9-12-2-5-13(15)8-12/h3-4,6-7,12-13,15H,2,5,8-9H2,1H3. The number of carbonyl (C=O) groups excluding carboxylic acids is 1. The highest BCUT2D eigenvalue weighted by Gasteiger charge is 2.44. The summed E-state index contributed by atoms with van der Waals surface area (Å²) in [5.41, 5.74) is 1.51. The van der Waals surface area contributed by atoms with Crippen molar-refractivity contribution in [3.05, 3.63) is 29.8 Å². The second-order valence-corrected chi connectivity index (χ2v) is 5.84. The summed E-state index contributed by atoms with van der Waals surface area (Å²) in [5.74, 6) is 1.86. The minimum atomic E-state index is 0.222. The fourth-order valence-corrected chi connectivity index (χ4v) is 3.68. The molecule has 2 fully saturated rings. The van der Waals surface area contributed by atoms with Gasteiger partial charge < -0.3 is 4.90 Å². The first-order chi connectivity index (χ1) is 9.19. The van der Waals surface area contributed by atoms with E-state index >= 15 is 0 Å². The van der Waals surface area contributed by atoms with Crippen LogP contribution in [0.25, 0.3) is 0 Å². The summed E-state index contributed by atoms with van der Waals surface area (Å²) in [6, 6.07) is 9.33. The van der Waals surface area contributed by atoms with Gasteiger partial charge in [0.2, 0.25) is 5.91 Å². The summed E-state index contributed by atoms with van der Waals surface area (Å²) in [7, 11) is 1.84. The zero-order chi connectivity index (χ0) is 13.4. The van der Waals surface area contributed by atoms with Crippen molar-refractivity contribution >= 4 is 11.6 Å². The monoisotopic (exact) mass is 254 g/mol. The fourth-order valence-electron chi connectivity index (χ4n) is 3.68. The van der Waals surface area contributed by atoms with Crippen LogP contribution in [0.2, 0.25) is 0 Å². The van der Waals surface area contributed by atoms with Crippen molar-refractivity contribution in [2.24, 2.45) is 17.8 Å². The second kappa shape index (κ2) is 4.70. The Balaban J connectivity index is 1.74. The number of hydrogen-bond donors (Lipinski definition) is 0. The predicted molar refractivity (Wildman–Crippen MR) is 73.5 cm³/mol. The number of nitrogens with zero attached hydrogens (tertiary/aromatic N) is 2. The number of amides is 1. The third-order valence-corrected chi connectivity index (χ3v) is 4.77. The molecular weight excluding hydrogens is 236 g/mol. The molecule has 0 heterocycles. The van der Waals surface area contributed by atoms with Gasteiger partial charge in [-0.3, -0.25) is 4.79 Å². The van der Waals surface area contributed by atoms with Crippen LogP contribution in [0.1, 0.15) is 31.2 Å². The van der Waals surface area contributed by atoms with E-state index in [4.69, 9.17) is 5.26 Å². The molecule has 2 aliphatic rings. The molecule has 3 unspecified atom stereocenters. The van der Waals surface area contributed by atoms with Gasteiger partial charge in [0.15, 0.2) is 0 Å². The third kappa shape index (κ3) is 2.12. The van der Waals surface area contributed by atoms with Crippen molar-refractivity contribution in [1.29, 1.82) is 5.26 Å². The zero-order valence-electron chi connectivity index (χ0n) is 11.2. The van der Waals surface area contributed by atoms with Crippen molar-refractivity contribution in [2.45, 2.75) is 25.7 Å². The molecule has 3 rings (SSSR count). The van der Waals surface area contributed by atoms with Crippen molar-refractivity contribution in [3.8, 4) is 6.07 Å². The Morgan fingerprint density at radius 1 is 1.26 bits per heavy atom. The number of carbonyl (C=O) groups is 1. The Hall–Kier alpha value is -1.82. The van der Waals surface area contributed by atoms with Gasteiger partial charge in [0.05, 0.1) is 11.6 Å². The van der Waals surface area contributed by atoms with E-state index in [-0.39, 0.29) is 11.8 Å². The molecular formula is C16H18N2O. The van der Waals surface area contributed by atoms with Crippen LogP contribution in [0.3, 0.4) is 0 Å². The first kappa shape index (κ1) is 12.2. The van der Waals surface area contributed by atoms with Crippen molar-refractivity contribution in [1.82, 2.24) is 0 Å². The number of rotatable bonds is 2. The van der Waals surface area contributed by atoms with E-state index < -0.39 is 0 Å². The molecule has 0 spiro atoms. The Labute approximate surface area is 113 Å². The van der Waals surface area contributed by atoms with E-state index in [1.807, 2.05) is 19.2 Å². The number of anilines is 1. The molecule has 1 amide bonds. The molecule has 1 aromatic rings. The Morgan fingerprint density at radius 2 is 2.00 bits per heavy atom. The molecule has 3 atom stereocenters. The summed E-state index contributed by atoms with van der Waals surface area (Å²) in [4.78, 5) is 14.3. The Kier molecular flexibility index (Phi) is 3.02. The quantitative estimate of drug-likeness (QED) is 0.814. The van der Waals surface area contributed by atoms with Gasteiger partial charge in [-0.1, -0.05) is 6.42 Å². The summed E-state index contributed by atoms with van der Waals surface area (Å²) in [6.45, 7) is 0. The Bertz CT molecular complexity index is 529. The number of nitriles is 1. The highest BCUT2D eigenvalue weighted by Crippen LogP contribution is 2.49. The molecule has 0 radical (unpaired) electrons. The summed E-state index contributed by atoms with van der Waals surface area (Å²) >= 11 is 0.